The Kier molecular flexibility index (Phi) is 5.68. The van der Waals surface area contributed by atoms with Crippen LogP contribution in [-0.4, -0.2) is 58.3 Å². The maximum absolute atomic E-state index is 12.7. The predicted octanol–water partition coefficient (Wildman–Crippen LogP) is 1.96. The highest BCUT2D eigenvalue weighted by Crippen LogP contribution is 2.17. The third-order valence-corrected chi connectivity index (χ3v) is 4.59. The maximum Gasteiger partial charge on any atom is 0.272 e. The lowest BCUT2D eigenvalue weighted by Gasteiger charge is -2.32. The molecule has 0 unspecified atom stereocenters. The lowest BCUT2D eigenvalue weighted by molar-refractivity contribution is -0.119. The van der Waals surface area contributed by atoms with Crippen molar-refractivity contribution in [1.82, 2.24) is 19.8 Å². The molecule has 1 aliphatic rings. The number of hydrogen-bond donors (Lipinski definition) is 1. The number of benzene rings is 1. The second-order valence-electron chi connectivity index (χ2n) is 6.06. The van der Waals surface area contributed by atoms with E-state index >= 15 is 0 Å². The smallest absolute Gasteiger partial charge is 0.272 e. The molecule has 2 heterocycles. The summed E-state index contributed by atoms with van der Waals surface area (Å²) in [6.07, 6.45) is 0.813. The van der Waals surface area contributed by atoms with Crippen LogP contribution in [0.25, 0.3) is 0 Å². The molecule has 0 radical (unpaired) electrons. The van der Waals surface area contributed by atoms with Crippen LogP contribution in [0.2, 0.25) is 5.02 Å². The fourth-order valence-corrected chi connectivity index (χ4v) is 2.99. The van der Waals surface area contributed by atoms with Crippen LogP contribution in [0.1, 0.15) is 21.9 Å². The number of amides is 2. The number of anilines is 1. The fourth-order valence-electron chi connectivity index (χ4n) is 2.79. The van der Waals surface area contributed by atoms with Gasteiger partial charge in [-0.15, -0.1) is 0 Å². The number of hydrogen-bond acceptors (Lipinski definition) is 5. The molecule has 1 N–H and O–H groups in total. The summed E-state index contributed by atoms with van der Waals surface area (Å²) in [5.74, 6) is 0.943. The number of rotatable bonds is 5. The largest absolute Gasteiger partial charge is 0.366 e. The summed E-state index contributed by atoms with van der Waals surface area (Å²) in [4.78, 5) is 35.5. The third kappa shape index (κ3) is 4.29. The Morgan fingerprint density at radius 3 is 2.65 bits per heavy atom. The van der Waals surface area contributed by atoms with Gasteiger partial charge in [0.2, 0.25) is 6.41 Å². The number of nitrogens with zero attached hydrogens (tertiary/aromatic N) is 4. The summed E-state index contributed by atoms with van der Waals surface area (Å²) >= 11 is 6.17. The molecule has 1 saturated heterocycles. The number of carbonyl (C=O) groups is 2. The van der Waals surface area contributed by atoms with Crippen molar-refractivity contribution in [2.45, 2.75) is 13.5 Å². The Bertz CT molecular complexity index is 806. The topological polar surface area (TPSA) is 78.4 Å². The van der Waals surface area contributed by atoms with Gasteiger partial charge in [-0.25, -0.2) is 9.97 Å². The van der Waals surface area contributed by atoms with Crippen LogP contribution >= 0.6 is 11.6 Å². The zero-order valence-corrected chi connectivity index (χ0v) is 15.2. The molecule has 1 aromatic heterocycles. The summed E-state index contributed by atoms with van der Waals surface area (Å²) in [7, 11) is 0. The number of nitrogens with one attached hydrogen (secondary N) is 1. The molecule has 136 valence electrons. The van der Waals surface area contributed by atoms with E-state index in [1.165, 1.54) is 0 Å². The van der Waals surface area contributed by atoms with Gasteiger partial charge < -0.3 is 15.1 Å². The summed E-state index contributed by atoms with van der Waals surface area (Å²) in [6.45, 7) is 4.34. The zero-order chi connectivity index (χ0) is 18.5. The molecule has 1 aromatic carbocycles. The molecule has 2 amide bonds. The highest BCUT2D eigenvalue weighted by molar-refractivity contribution is 6.31. The molecule has 0 spiro atoms. The quantitative estimate of drug-likeness (QED) is 0.810. The molecule has 7 nitrogen and oxygen atoms in total. The van der Waals surface area contributed by atoms with Crippen molar-refractivity contribution < 1.29 is 9.59 Å². The van der Waals surface area contributed by atoms with E-state index < -0.39 is 0 Å². The molecule has 1 fully saturated rings. The summed E-state index contributed by atoms with van der Waals surface area (Å²) < 4.78 is 0. The minimum absolute atomic E-state index is 0.151. The SMILES string of the molecule is Cc1nc(NCc2ccccc2Cl)cc(C(=O)N2CCN(C=O)CC2)n1. The van der Waals surface area contributed by atoms with E-state index in [0.29, 0.717) is 55.1 Å². The standard InChI is InChI=1S/C18H20ClN5O2/c1-13-21-16(18(26)24-8-6-23(12-25)7-9-24)10-17(22-13)20-11-14-4-2-3-5-15(14)19/h2-5,10,12H,6-9,11H2,1H3,(H,20,21,22). The molecule has 2 aromatic rings. The average Bonchev–Trinajstić information content (AvgIpc) is 2.66. The molecular formula is C18H20ClN5O2. The maximum atomic E-state index is 12.7. The average molecular weight is 374 g/mol. The van der Waals surface area contributed by atoms with Gasteiger partial charge in [0, 0.05) is 43.8 Å². The van der Waals surface area contributed by atoms with E-state index in [-0.39, 0.29) is 5.91 Å². The first-order valence-electron chi connectivity index (χ1n) is 8.38. The molecule has 3 rings (SSSR count). The zero-order valence-electron chi connectivity index (χ0n) is 14.5. The Balaban J connectivity index is 1.70. The van der Waals surface area contributed by atoms with Crippen LogP contribution in [-0.2, 0) is 11.3 Å². The molecular weight excluding hydrogens is 354 g/mol. The van der Waals surface area contributed by atoms with Gasteiger partial charge in [0.1, 0.15) is 17.3 Å². The number of aryl methyl sites for hydroxylation is 1. The van der Waals surface area contributed by atoms with Gasteiger partial charge in [0.05, 0.1) is 0 Å². The molecule has 8 heteroatoms. The van der Waals surface area contributed by atoms with E-state index in [2.05, 4.69) is 15.3 Å². The number of carbonyl (C=O) groups excluding carboxylic acids is 2. The third-order valence-electron chi connectivity index (χ3n) is 4.23. The van der Waals surface area contributed by atoms with Crippen molar-refractivity contribution in [3.63, 3.8) is 0 Å². The van der Waals surface area contributed by atoms with E-state index in [4.69, 9.17) is 11.6 Å². The summed E-state index contributed by atoms with van der Waals surface area (Å²) in [6, 6.07) is 9.21. The van der Waals surface area contributed by atoms with Crippen molar-refractivity contribution in [2.75, 3.05) is 31.5 Å². The summed E-state index contributed by atoms with van der Waals surface area (Å²) in [5, 5.41) is 3.87. The predicted molar refractivity (Wildman–Crippen MR) is 99.1 cm³/mol. The Morgan fingerprint density at radius 2 is 1.96 bits per heavy atom. The van der Waals surface area contributed by atoms with E-state index in [1.807, 2.05) is 24.3 Å². The Morgan fingerprint density at radius 1 is 1.23 bits per heavy atom. The summed E-state index contributed by atoms with van der Waals surface area (Å²) in [5.41, 5.74) is 1.29. The lowest BCUT2D eigenvalue weighted by atomic mass is 10.2. The van der Waals surface area contributed by atoms with Gasteiger partial charge in [-0.1, -0.05) is 29.8 Å². The van der Waals surface area contributed by atoms with Crippen molar-refractivity contribution in [3.8, 4) is 0 Å². The van der Waals surface area contributed by atoms with Crippen LogP contribution in [0.3, 0.4) is 0 Å². The van der Waals surface area contributed by atoms with Crippen LogP contribution in [0.5, 0.6) is 0 Å². The van der Waals surface area contributed by atoms with Gasteiger partial charge in [0.25, 0.3) is 5.91 Å². The van der Waals surface area contributed by atoms with Crippen LogP contribution < -0.4 is 5.32 Å². The molecule has 1 aliphatic heterocycles. The first kappa shape index (κ1) is 18.1. The minimum Gasteiger partial charge on any atom is -0.366 e. The van der Waals surface area contributed by atoms with Crippen LogP contribution in [0.15, 0.2) is 30.3 Å². The van der Waals surface area contributed by atoms with Gasteiger partial charge in [-0.2, -0.15) is 0 Å². The second kappa shape index (κ2) is 8.14. The normalized spacial score (nSPS) is 14.2. The highest BCUT2D eigenvalue weighted by atomic mass is 35.5. The molecule has 0 aliphatic carbocycles. The molecule has 0 atom stereocenters. The number of halogens is 1. The van der Waals surface area contributed by atoms with Gasteiger partial charge in [-0.05, 0) is 18.6 Å². The first-order chi connectivity index (χ1) is 12.6. The van der Waals surface area contributed by atoms with Crippen molar-refractivity contribution >= 4 is 29.7 Å². The van der Waals surface area contributed by atoms with Gasteiger partial charge in [0.15, 0.2) is 0 Å². The Hall–Kier alpha value is -2.67. The minimum atomic E-state index is -0.151. The lowest BCUT2D eigenvalue weighted by Crippen LogP contribution is -2.48. The first-order valence-corrected chi connectivity index (χ1v) is 8.76. The Labute approximate surface area is 157 Å². The van der Waals surface area contributed by atoms with Crippen molar-refractivity contribution in [1.29, 1.82) is 0 Å². The molecule has 26 heavy (non-hydrogen) atoms. The van der Waals surface area contributed by atoms with Crippen LogP contribution in [0, 0.1) is 6.92 Å². The van der Waals surface area contributed by atoms with Crippen molar-refractivity contribution in [3.05, 3.63) is 52.4 Å². The molecule has 0 bridgehead atoms. The van der Waals surface area contributed by atoms with Crippen molar-refractivity contribution in [2.24, 2.45) is 0 Å². The highest BCUT2D eigenvalue weighted by Gasteiger charge is 2.23. The van der Waals surface area contributed by atoms with Gasteiger partial charge in [-0.3, -0.25) is 9.59 Å². The van der Waals surface area contributed by atoms with E-state index in [1.54, 1.807) is 22.8 Å². The number of aromatic nitrogens is 2. The second-order valence-corrected chi connectivity index (χ2v) is 6.47. The van der Waals surface area contributed by atoms with Gasteiger partial charge >= 0.3 is 0 Å². The fraction of sp³-hybridized carbons (Fsp3) is 0.333. The number of piperazine rings is 1. The monoisotopic (exact) mass is 373 g/mol. The van der Waals surface area contributed by atoms with Crippen LogP contribution in [0.4, 0.5) is 5.82 Å². The van der Waals surface area contributed by atoms with E-state index in [9.17, 15) is 9.59 Å². The molecule has 0 saturated carbocycles. The van der Waals surface area contributed by atoms with E-state index in [0.717, 1.165) is 12.0 Å².